The van der Waals surface area contributed by atoms with Crippen LogP contribution in [-0.4, -0.2) is 60.3 Å². The van der Waals surface area contributed by atoms with Gasteiger partial charge in [-0.1, -0.05) is 0 Å². The minimum atomic E-state index is -8.54. The second-order valence-corrected chi connectivity index (χ2v) is 11.2. The molecule has 0 atom stereocenters. The van der Waals surface area contributed by atoms with Crippen LogP contribution in [0.25, 0.3) is 0 Å². The van der Waals surface area contributed by atoms with Crippen molar-refractivity contribution in [1.29, 1.82) is 0 Å². The summed E-state index contributed by atoms with van der Waals surface area (Å²) in [6.07, 6.45) is -15.8. The van der Waals surface area contributed by atoms with Gasteiger partial charge < -0.3 is 0 Å². The van der Waals surface area contributed by atoms with Crippen LogP contribution in [0.15, 0.2) is 0 Å². The highest BCUT2D eigenvalue weighted by molar-refractivity contribution is 8.29. The van der Waals surface area contributed by atoms with Crippen molar-refractivity contribution >= 4 is 29.5 Å². The van der Waals surface area contributed by atoms with Crippen molar-refractivity contribution < 1.29 is 77.9 Å². The van der Waals surface area contributed by atoms with Gasteiger partial charge in [0, 0.05) is 6.26 Å². The van der Waals surface area contributed by atoms with Gasteiger partial charge in [-0.2, -0.15) is 52.7 Å². The van der Waals surface area contributed by atoms with Crippen molar-refractivity contribution in [1.82, 2.24) is 0 Å². The lowest BCUT2D eigenvalue weighted by Crippen LogP contribution is -2.60. The number of hydrogen-bond acceptors (Lipinski definition) is 6. The summed E-state index contributed by atoms with van der Waals surface area (Å²) < 4.78 is 213. The lowest BCUT2D eigenvalue weighted by molar-refractivity contribution is -0.332. The smallest absolute Gasteiger partial charge is 0.260 e. The molecule has 6 nitrogen and oxygen atoms in total. The van der Waals surface area contributed by atoms with Gasteiger partial charge in [0.25, 0.3) is 0 Å². The summed E-state index contributed by atoms with van der Waals surface area (Å²) in [5.41, 5.74) is 0. The molecule has 21 heteroatoms. The third kappa shape index (κ3) is 3.75. The Morgan fingerprint density at radius 2 is 0.821 bits per heavy atom. The molecule has 0 unspecified atom stereocenters. The third-order valence-electron chi connectivity index (χ3n) is 2.47. The molecule has 0 aromatic rings. The van der Waals surface area contributed by atoms with E-state index in [0.717, 1.165) is 0 Å². The predicted molar refractivity (Wildman–Crippen MR) is 62.9 cm³/mol. The maximum absolute atomic E-state index is 13.3. The molecule has 0 aliphatic carbocycles. The zero-order valence-electron chi connectivity index (χ0n) is 12.2. The van der Waals surface area contributed by atoms with E-state index in [2.05, 4.69) is 0 Å². The summed E-state index contributed by atoms with van der Waals surface area (Å²) in [5.74, 6) is -7.81. The molecule has 0 amide bonds. The van der Waals surface area contributed by atoms with E-state index >= 15 is 0 Å². The Kier molecular flexibility index (Phi) is 6.28. The molecule has 0 fully saturated rings. The molecule has 0 aromatic carbocycles. The molecule has 28 heavy (non-hydrogen) atoms. The molecule has 0 spiro atoms. The molecule has 170 valence electrons. The minimum absolute atomic E-state index is 0.911. The van der Waals surface area contributed by atoms with Crippen molar-refractivity contribution in [2.45, 2.75) is 28.8 Å². The quantitative estimate of drug-likeness (QED) is 0.404. The van der Waals surface area contributed by atoms with Crippen LogP contribution < -0.4 is 0 Å². The number of alkyl halides is 12. The Hall–Kier alpha value is -0.990. The fourth-order valence-corrected chi connectivity index (χ4v) is 8.01. The van der Waals surface area contributed by atoms with E-state index in [1.807, 2.05) is 0 Å². The largest absolute Gasteiger partial charge is 0.466 e. The van der Waals surface area contributed by atoms with Crippen molar-refractivity contribution in [2.24, 2.45) is 0 Å². The van der Waals surface area contributed by atoms with E-state index in [0.29, 0.717) is 0 Å². The van der Waals surface area contributed by atoms with E-state index in [9.17, 15) is 77.9 Å². The average Bonchev–Trinajstić information content (AvgIpc) is 2.32. The Morgan fingerprint density at radius 1 is 0.536 bits per heavy atom. The van der Waals surface area contributed by atoms with Gasteiger partial charge in [0.1, 0.15) is 19.7 Å². The van der Waals surface area contributed by atoms with Crippen molar-refractivity contribution in [3.05, 3.63) is 3.91 Å². The fourth-order valence-electron chi connectivity index (χ4n) is 1.24. The van der Waals surface area contributed by atoms with Crippen LogP contribution >= 0.6 is 0 Å². The predicted octanol–water partition coefficient (Wildman–Crippen LogP) is 2.25. The van der Waals surface area contributed by atoms with Crippen LogP contribution in [0.3, 0.4) is 0 Å². The third-order valence-corrected chi connectivity index (χ3v) is 10.2. The summed E-state index contributed by atoms with van der Waals surface area (Å²) in [5, 5.41) is -15.3. The summed E-state index contributed by atoms with van der Waals surface area (Å²) in [6, 6.07) is 0. The molecule has 0 saturated carbocycles. The lowest BCUT2D eigenvalue weighted by atomic mass is 10.3. The second kappa shape index (κ2) is 6.51. The Labute approximate surface area is 147 Å². The number of sulfone groups is 3. The van der Waals surface area contributed by atoms with Crippen LogP contribution in [0, 0.1) is 3.91 Å². The highest BCUT2D eigenvalue weighted by Crippen LogP contribution is 2.55. The molecule has 0 heterocycles. The van der Waals surface area contributed by atoms with Gasteiger partial charge in [-0.15, -0.1) is 0 Å². The van der Waals surface area contributed by atoms with Crippen LogP contribution in [0.4, 0.5) is 52.7 Å². The lowest BCUT2D eigenvalue weighted by Gasteiger charge is -2.37. The molecule has 0 rings (SSSR count). The van der Waals surface area contributed by atoms with E-state index in [4.69, 9.17) is 0 Å². The van der Waals surface area contributed by atoms with Crippen LogP contribution in [0.2, 0.25) is 0 Å². The van der Waals surface area contributed by atoms with Gasteiger partial charge in [-0.3, -0.25) is 25.3 Å². The highest BCUT2D eigenvalue weighted by atomic mass is 32.3. The van der Waals surface area contributed by atoms with Crippen molar-refractivity contribution in [3.63, 3.8) is 0 Å². The number of rotatable bonds is 6. The highest BCUT2D eigenvalue weighted by Gasteiger charge is 2.79. The summed E-state index contributed by atoms with van der Waals surface area (Å²) in [7, 11) is -23.6. The molecule has 0 N–H and O–H groups in total. The van der Waals surface area contributed by atoms with Gasteiger partial charge in [-0.25, -0.2) is 0 Å². The topological polar surface area (TPSA) is 102 Å². The van der Waals surface area contributed by atoms with Gasteiger partial charge in [0.05, 0.1) is 13.8 Å². The van der Waals surface area contributed by atoms with E-state index in [1.165, 1.54) is 0 Å². The molecule has 0 saturated heterocycles. The average molecular weight is 507 g/mol. The van der Waals surface area contributed by atoms with Gasteiger partial charge in [0.2, 0.25) is 0 Å². The SMILES string of the molecule is CS(=O)(=O)[C-](S(=O)(=O)C(F)(F)C(F)(F)F)S(=O)(=O)C(F)(F)C(F)(F)C(F)(F)F. The van der Waals surface area contributed by atoms with Crippen LogP contribution in [0.1, 0.15) is 0 Å². The molecular formula is C7H3F12O6S3-. The maximum Gasteiger partial charge on any atom is 0.466 e. The molecular weight excluding hydrogens is 504 g/mol. The van der Waals surface area contributed by atoms with E-state index in [-0.39, 0.29) is 0 Å². The minimum Gasteiger partial charge on any atom is -0.260 e. The second-order valence-electron chi connectivity index (χ2n) is 4.63. The molecule has 0 radical (unpaired) electrons. The fraction of sp³-hybridized carbons (Fsp3) is 0.857. The first kappa shape index (κ1) is 27.0. The molecule has 0 aliphatic rings. The monoisotopic (exact) mass is 507 g/mol. The first-order valence-corrected chi connectivity index (χ1v) is 10.3. The van der Waals surface area contributed by atoms with Crippen molar-refractivity contribution in [3.8, 4) is 0 Å². The Bertz CT molecular complexity index is 923. The maximum atomic E-state index is 13.3. The van der Waals surface area contributed by atoms with E-state index in [1.54, 1.807) is 0 Å². The van der Waals surface area contributed by atoms with Crippen molar-refractivity contribution in [2.75, 3.05) is 6.26 Å². The van der Waals surface area contributed by atoms with Gasteiger partial charge >= 0.3 is 28.8 Å². The van der Waals surface area contributed by atoms with Gasteiger partial charge in [0.15, 0.2) is 0 Å². The normalized spacial score (nSPS) is 16.5. The van der Waals surface area contributed by atoms with Crippen LogP contribution in [-0.2, 0) is 29.5 Å². The number of halogens is 12. The molecule has 0 bridgehead atoms. The standard InChI is InChI=1S/C7H3F12O6S3/c1-26(20,21)2(28(24,25)7(18,19)5(13,14)15)27(22,23)6(16,17)3(8,9)4(10,11)12/h1H3/q-1. The van der Waals surface area contributed by atoms with E-state index < -0.39 is 68.5 Å². The summed E-state index contributed by atoms with van der Waals surface area (Å²) >= 11 is 0. The summed E-state index contributed by atoms with van der Waals surface area (Å²) in [4.78, 5) is 0. The molecule has 0 aliphatic heterocycles. The zero-order chi connectivity index (χ0) is 23.6. The first-order chi connectivity index (χ1) is 11.6. The number of hydrogen-bond donors (Lipinski definition) is 0. The zero-order valence-corrected chi connectivity index (χ0v) is 14.7. The van der Waals surface area contributed by atoms with Gasteiger partial charge in [-0.05, 0) is 0 Å². The molecule has 0 aromatic heterocycles. The first-order valence-electron chi connectivity index (χ1n) is 5.45. The Balaban J connectivity index is 7.27. The summed E-state index contributed by atoms with van der Waals surface area (Å²) in [6.45, 7) is 0. The Morgan fingerprint density at radius 3 is 1.04 bits per heavy atom. The van der Waals surface area contributed by atoms with Crippen LogP contribution in [0.5, 0.6) is 0 Å².